The molecular formula is C13H16BrNO3S. The molecule has 0 heterocycles. The number of nitrogens with one attached hydrogen (secondary N) is 1. The Kier molecular flexibility index (Phi) is 6.54. The molecule has 6 heteroatoms. The first-order chi connectivity index (χ1) is 8.91. The molecule has 2 unspecified atom stereocenters. The zero-order valence-corrected chi connectivity index (χ0v) is 13.1. The van der Waals surface area contributed by atoms with Crippen LogP contribution in [0.2, 0.25) is 0 Å². The summed E-state index contributed by atoms with van der Waals surface area (Å²) >= 11 is 4.57. The second kappa shape index (κ2) is 7.67. The average molecular weight is 346 g/mol. The van der Waals surface area contributed by atoms with Crippen LogP contribution < -0.4 is 5.32 Å². The number of thioether (sulfide) groups is 1. The molecule has 0 radical (unpaired) electrons. The first kappa shape index (κ1) is 16.2. The molecule has 1 rings (SSSR count). The van der Waals surface area contributed by atoms with E-state index in [-0.39, 0.29) is 16.9 Å². The van der Waals surface area contributed by atoms with Gasteiger partial charge in [0, 0.05) is 9.72 Å². The molecule has 1 aromatic carbocycles. The van der Waals surface area contributed by atoms with Gasteiger partial charge in [0.15, 0.2) is 0 Å². The van der Waals surface area contributed by atoms with Gasteiger partial charge >= 0.3 is 0 Å². The lowest BCUT2D eigenvalue weighted by atomic mass is 10.2. The molecule has 0 spiro atoms. The third-order valence-electron chi connectivity index (χ3n) is 2.53. The van der Waals surface area contributed by atoms with E-state index in [1.165, 1.54) is 11.8 Å². The van der Waals surface area contributed by atoms with Crippen LogP contribution in [0.4, 0.5) is 0 Å². The molecule has 0 aliphatic carbocycles. The molecule has 2 N–H and O–H groups in total. The summed E-state index contributed by atoms with van der Waals surface area (Å²) in [4.78, 5) is 23.4. The number of amides is 2. The van der Waals surface area contributed by atoms with Crippen molar-refractivity contribution in [2.24, 2.45) is 0 Å². The Labute approximate surface area is 125 Å². The van der Waals surface area contributed by atoms with Crippen LogP contribution in [0.25, 0.3) is 0 Å². The average Bonchev–Trinajstić information content (AvgIpc) is 2.36. The van der Waals surface area contributed by atoms with E-state index in [0.29, 0.717) is 10.0 Å². The lowest BCUT2D eigenvalue weighted by molar-refractivity contribution is -0.117. The number of benzene rings is 1. The van der Waals surface area contributed by atoms with Crippen molar-refractivity contribution in [2.45, 2.75) is 25.2 Å². The van der Waals surface area contributed by atoms with Gasteiger partial charge < -0.3 is 5.11 Å². The largest absolute Gasteiger partial charge is 0.392 e. The van der Waals surface area contributed by atoms with Crippen molar-refractivity contribution >= 4 is 39.5 Å². The molecule has 2 amide bonds. The molecule has 0 saturated carbocycles. The highest BCUT2D eigenvalue weighted by atomic mass is 79.9. The zero-order chi connectivity index (χ0) is 14.4. The van der Waals surface area contributed by atoms with Crippen LogP contribution >= 0.6 is 27.7 Å². The summed E-state index contributed by atoms with van der Waals surface area (Å²) in [6.45, 7) is 3.50. The Morgan fingerprint density at radius 2 is 2.00 bits per heavy atom. The van der Waals surface area contributed by atoms with E-state index in [0.717, 1.165) is 0 Å². The molecular weight excluding hydrogens is 330 g/mol. The highest BCUT2D eigenvalue weighted by molar-refractivity contribution is 9.10. The second-order valence-corrected chi connectivity index (χ2v) is 6.33. The molecule has 1 aromatic rings. The molecule has 0 saturated heterocycles. The monoisotopic (exact) mass is 345 g/mol. The summed E-state index contributed by atoms with van der Waals surface area (Å²) in [7, 11) is 0. The van der Waals surface area contributed by atoms with Crippen molar-refractivity contribution in [2.75, 3.05) is 5.75 Å². The van der Waals surface area contributed by atoms with Crippen molar-refractivity contribution < 1.29 is 14.7 Å². The van der Waals surface area contributed by atoms with E-state index in [4.69, 9.17) is 0 Å². The van der Waals surface area contributed by atoms with Crippen LogP contribution in [-0.4, -0.2) is 34.0 Å². The maximum atomic E-state index is 11.8. The zero-order valence-electron chi connectivity index (χ0n) is 10.7. The van der Waals surface area contributed by atoms with Gasteiger partial charge in [-0.25, -0.2) is 0 Å². The van der Waals surface area contributed by atoms with E-state index in [1.807, 2.05) is 6.92 Å². The molecule has 19 heavy (non-hydrogen) atoms. The van der Waals surface area contributed by atoms with E-state index >= 15 is 0 Å². The first-order valence-corrected chi connectivity index (χ1v) is 7.64. The number of carbonyl (C=O) groups is 2. The number of imide groups is 1. The van der Waals surface area contributed by atoms with Gasteiger partial charge in [0.25, 0.3) is 5.91 Å². The molecule has 0 aliphatic heterocycles. The number of rotatable bonds is 5. The lowest BCUT2D eigenvalue weighted by Crippen LogP contribution is -2.33. The fourth-order valence-corrected chi connectivity index (χ4v) is 2.45. The van der Waals surface area contributed by atoms with Gasteiger partial charge in [-0.3, -0.25) is 14.9 Å². The van der Waals surface area contributed by atoms with Gasteiger partial charge in [0.05, 0.1) is 17.4 Å². The molecule has 0 fully saturated rings. The van der Waals surface area contributed by atoms with Gasteiger partial charge in [-0.2, -0.15) is 0 Å². The summed E-state index contributed by atoms with van der Waals surface area (Å²) in [5.41, 5.74) is 0.421. The summed E-state index contributed by atoms with van der Waals surface area (Å²) < 4.78 is 0.644. The Morgan fingerprint density at radius 3 is 2.58 bits per heavy atom. The van der Waals surface area contributed by atoms with Crippen molar-refractivity contribution in [3.63, 3.8) is 0 Å². The SMILES string of the molecule is CC(O)C(C)SCC(=O)NC(=O)c1ccccc1Br. The van der Waals surface area contributed by atoms with Crippen molar-refractivity contribution in [3.05, 3.63) is 34.3 Å². The topological polar surface area (TPSA) is 66.4 Å². The third kappa shape index (κ3) is 5.34. The summed E-state index contributed by atoms with van der Waals surface area (Å²) in [5, 5.41) is 11.6. The smallest absolute Gasteiger partial charge is 0.259 e. The van der Waals surface area contributed by atoms with Crippen LogP contribution in [0.3, 0.4) is 0 Å². The summed E-state index contributed by atoms with van der Waals surface area (Å²) in [6.07, 6.45) is -0.489. The van der Waals surface area contributed by atoms with E-state index < -0.39 is 12.0 Å². The Hall–Kier alpha value is -0.850. The molecule has 104 valence electrons. The minimum absolute atomic E-state index is 0.0516. The number of aliphatic hydroxyl groups excluding tert-OH is 1. The third-order valence-corrected chi connectivity index (χ3v) is 4.57. The Balaban J connectivity index is 2.49. The number of hydrogen-bond acceptors (Lipinski definition) is 4. The van der Waals surface area contributed by atoms with Gasteiger partial charge in [-0.05, 0) is 35.0 Å². The highest BCUT2D eigenvalue weighted by Gasteiger charge is 2.15. The van der Waals surface area contributed by atoms with E-state index in [1.54, 1.807) is 31.2 Å². The first-order valence-electron chi connectivity index (χ1n) is 5.80. The minimum atomic E-state index is -0.489. The maximum absolute atomic E-state index is 11.8. The van der Waals surface area contributed by atoms with Gasteiger partial charge in [0.2, 0.25) is 5.91 Å². The minimum Gasteiger partial charge on any atom is -0.392 e. The molecule has 4 nitrogen and oxygen atoms in total. The number of halogens is 1. The lowest BCUT2D eigenvalue weighted by Gasteiger charge is -2.13. The molecule has 0 bridgehead atoms. The van der Waals surface area contributed by atoms with Crippen LogP contribution in [0.5, 0.6) is 0 Å². The van der Waals surface area contributed by atoms with Crippen LogP contribution in [0.15, 0.2) is 28.7 Å². The van der Waals surface area contributed by atoms with Gasteiger partial charge in [-0.15, -0.1) is 11.8 Å². The fraction of sp³-hybridized carbons (Fsp3) is 0.385. The van der Waals surface area contributed by atoms with Crippen molar-refractivity contribution in [3.8, 4) is 0 Å². The fourth-order valence-electron chi connectivity index (χ4n) is 1.22. The summed E-state index contributed by atoms with van der Waals surface area (Å²) in [6, 6.07) is 6.90. The number of carbonyl (C=O) groups excluding carboxylic acids is 2. The normalized spacial score (nSPS) is 13.7. The highest BCUT2D eigenvalue weighted by Crippen LogP contribution is 2.16. The van der Waals surface area contributed by atoms with Gasteiger partial charge in [-0.1, -0.05) is 19.1 Å². The van der Waals surface area contributed by atoms with Gasteiger partial charge in [0.1, 0.15) is 0 Å². The Morgan fingerprint density at radius 1 is 1.37 bits per heavy atom. The standard InChI is InChI=1S/C13H16BrNO3S/c1-8(16)9(2)19-7-12(17)15-13(18)10-5-3-4-6-11(10)14/h3-6,8-9,16H,7H2,1-2H3,(H,15,17,18). The molecule has 2 atom stereocenters. The second-order valence-electron chi connectivity index (χ2n) is 4.11. The summed E-state index contributed by atoms with van der Waals surface area (Å²) in [5.74, 6) is -0.650. The van der Waals surface area contributed by atoms with Crippen molar-refractivity contribution in [1.29, 1.82) is 0 Å². The molecule has 0 aliphatic rings. The number of aliphatic hydroxyl groups is 1. The van der Waals surface area contributed by atoms with Crippen molar-refractivity contribution in [1.82, 2.24) is 5.32 Å². The number of hydrogen-bond donors (Lipinski definition) is 2. The predicted octanol–water partition coefficient (Wildman–Crippen LogP) is 2.21. The maximum Gasteiger partial charge on any atom is 0.259 e. The van der Waals surface area contributed by atoms with Crippen LogP contribution in [-0.2, 0) is 4.79 Å². The predicted molar refractivity (Wildman–Crippen MR) is 80.2 cm³/mol. The van der Waals surface area contributed by atoms with E-state index in [2.05, 4.69) is 21.2 Å². The molecule has 0 aromatic heterocycles. The quantitative estimate of drug-likeness (QED) is 0.858. The Bertz CT molecular complexity index is 465. The van der Waals surface area contributed by atoms with Crippen LogP contribution in [0, 0.1) is 0 Å². The van der Waals surface area contributed by atoms with E-state index in [9.17, 15) is 14.7 Å². The van der Waals surface area contributed by atoms with Crippen LogP contribution in [0.1, 0.15) is 24.2 Å².